The molecule has 1 fully saturated rings. The quantitative estimate of drug-likeness (QED) is 0.248. The molecule has 5 rings (SSSR count). The van der Waals surface area contributed by atoms with Crippen LogP contribution in [0.5, 0.6) is 5.75 Å². The van der Waals surface area contributed by atoms with Gasteiger partial charge in [0.05, 0.1) is 24.0 Å². The summed E-state index contributed by atoms with van der Waals surface area (Å²) in [7, 11) is 0. The van der Waals surface area contributed by atoms with E-state index in [-0.39, 0.29) is 16.9 Å². The molecule has 39 heavy (non-hydrogen) atoms. The predicted octanol–water partition coefficient (Wildman–Crippen LogP) is 6.09. The number of halogens is 1. The number of aliphatic hydroxyl groups is 1. The van der Waals surface area contributed by atoms with Gasteiger partial charge in [-0.25, -0.2) is 4.79 Å². The van der Waals surface area contributed by atoms with Crippen molar-refractivity contribution in [3.05, 3.63) is 70.3 Å². The molecule has 5 atom stereocenters. The van der Waals surface area contributed by atoms with E-state index in [9.17, 15) is 15.0 Å². The van der Waals surface area contributed by atoms with Crippen molar-refractivity contribution in [1.29, 1.82) is 0 Å². The highest BCUT2D eigenvalue weighted by Crippen LogP contribution is 2.46. The molecule has 1 heterocycles. The summed E-state index contributed by atoms with van der Waals surface area (Å²) in [4.78, 5) is 14.2. The predicted molar refractivity (Wildman–Crippen MR) is 159 cm³/mol. The van der Waals surface area contributed by atoms with Crippen molar-refractivity contribution >= 4 is 35.2 Å². The van der Waals surface area contributed by atoms with E-state index in [0.717, 1.165) is 73.8 Å². The number of nitrogens with two attached hydrogens (primary N) is 1. The number of aromatic carboxylic acids is 1. The topological polar surface area (TPSA) is 96.0 Å². The summed E-state index contributed by atoms with van der Waals surface area (Å²) in [5.41, 5.74) is 3.44. The maximum absolute atomic E-state index is 11.9. The van der Waals surface area contributed by atoms with Crippen LogP contribution in [0.15, 0.2) is 48.6 Å². The molecule has 4 N–H and O–H groups in total. The fraction of sp³-hybridized carbons (Fsp3) is 0.516. The monoisotopic (exact) mass is 570 g/mol. The fourth-order valence-electron chi connectivity index (χ4n) is 6.63. The van der Waals surface area contributed by atoms with Crippen LogP contribution in [0, 0.1) is 17.8 Å². The van der Waals surface area contributed by atoms with Crippen LogP contribution in [-0.4, -0.2) is 47.7 Å². The lowest BCUT2D eigenvalue weighted by atomic mass is 9.68. The van der Waals surface area contributed by atoms with Gasteiger partial charge in [-0.15, -0.1) is 0 Å². The Morgan fingerprint density at radius 2 is 2.15 bits per heavy atom. The van der Waals surface area contributed by atoms with E-state index >= 15 is 0 Å². The normalized spacial score (nSPS) is 25.8. The summed E-state index contributed by atoms with van der Waals surface area (Å²) >= 11 is 7.72. The number of hydrogen-bond donors (Lipinski definition) is 3. The Kier molecular flexibility index (Phi) is 8.82. The molecule has 0 aromatic heterocycles. The smallest absolute Gasteiger partial charge is 0.335 e. The number of nitrogens with zero attached hydrogens (tertiary/aromatic N) is 1. The second kappa shape index (κ2) is 12.1. The van der Waals surface area contributed by atoms with Gasteiger partial charge in [0.1, 0.15) is 5.75 Å². The number of fused-ring (bicyclic) bond motifs is 3. The van der Waals surface area contributed by atoms with Crippen LogP contribution in [-0.2, 0) is 11.8 Å². The van der Waals surface area contributed by atoms with Crippen molar-refractivity contribution in [2.24, 2.45) is 22.9 Å². The highest BCUT2D eigenvalue weighted by Gasteiger charge is 2.44. The zero-order chi connectivity index (χ0) is 27.6. The van der Waals surface area contributed by atoms with E-state index < -0.39 is 12.1 Å². The molecular formula is C31H39ClN2O4S. The van der Waals surface area contributed by atoms with E-state index in [4.69, 9.17) is 21.5 Å². The number of anilines is 1. The lowest BCUT2D eigenvalue weighted by Crippen LogP contribution is -2.49. The summed E-state index contributed by atoms with van der Waals surface area (Å²) in [6.45, 7) is 4.19. The van der Waals surface area contributed by atoms with Crippen LogP contribution in [0.25, 0.3) is 0 Å². The first-order valence-electron chi connectivity index (χ1n) is 14.0. The molecule has 210 valence electrons. The molecule has 0 radical (unpaired) electrons. The molecule has 8 heteroatoms. The Balaban J connectivity index is 1.41. The van der Waals surface area contributed by atoms with Crippen molar-refractivity contribution in [2.45, 2.75) is 57.0 Å². The van der Waals surface area contributed by atoms with E-state index in [1.807, 2.05) is 12.1 Å². The average molecular weight is 571 g/mol. The number of hydrogen-bond acceptors (Lipinski definition) is 6. The first-order valence-corrected chi connectivity index (χ1v) is 15.4. The van der Waals surface area contributed by atoms with Crippen LogP contribution in [0.1, 0.15) is 60.5 Å². The third-order valence-electron chi connectivity index (χ3n) is 8.91. The Hall–Kier alpha value is -2.19. The van der Waals surface area contributed by atoms with Gasteiger partial charge in [0.2, 0.25) is 0 Å². The van der Waals surface area contributed by atoms with Crippen molar-refractivity contribution in [1.82, 2.24) is 0 Å². The number of benzene rings is 2. The third kappa shape index (κ3) is 6.12. The second-order valence-corrected chi connectivity index (χ2v) is 12.8. The zero-order valence-electron chi connectivity index (χ0n) is 22.5. The summed E-state index contributed by atoms with van der Waals surface area (Å²) in [5, 5.41) is 27.1. The maximum atomic E-state index is 11.9. The Labute approximate surface area is 240 Å². The minimum Gasteiger partial charge on any atom is -0.490 e. The number of carbonyl (C=O) groups is 1. The second-order valence-electron chi connectivity index (χ2n) is 11.7. The average Bonchev–Trinajstić information content (AvgIpc) is 3.03. The van der Waals surface area contributed by atoms with Gasteiger partial charge >= 0.3 is 5.97 Å². The number of aliphatic hydroxyl groups excluding tert-OH is 1. The number of rotatable bonds is 9. The van der Waals surface area contributed by atoms with Crippen LogP contribution < -0.4 is 14.8 Å². The molecule has 6 nitrogen and oxygen atoms in total. The summed E-state index contributed by atoms with van der Waals surface area (Å²) in [6.07, 6.45) is 9.55. The van der Waals surface area contributed by atoms with Gasteiger partial charge in [0, 0.05) is 29.3 Å². The Morgan fingerprint density at radius 3 is 2.90 bits per heavy atom. The van der Waals surface area contributed by atoms with Crippen molar-refractivity contribution in [3.63, 3.8) is 0 Å². The van der Waals surface area contributed by atoms with E-state index in [0.29, 0.717) is 18.4 Å². The molecule has 3 aliphatic rings. The van der Waals surface area contributed by atoms with Crippen molar-refractivity contribution < 1.29 is 19.7 Å². The van der Waals surface area contributed by atoms with Gasteiger partial charge < -0.3 is 19.8 Å². The van der Waals surface area contributed by atoms with Gasteiger partial charge in [-0.05, 0) is 97.7 Å². The Morgan fingerprint density at radius 1 is 1.31 bits per heavy atom. The zero-order valence-corrected chi connectivity index (χ0v) is 24.1. The van der Waals surface area contributed by atoms with Crippen LogP contribution in [0.4, 0.5) is 5.69 Å². The van der Waals surface area contributed by atoms with Crippen molar-refractivity contribution in [2.75, 3.05) is 30.3 Å². The SMILES string of the molecule is CC(C/C=C/C(O)C1CCC1CN1CC2(CCCc3cc(Cl)ccc32)COc2ccc(C(=O)O)cc21)CSN. The molecule has 0 saturated heterocycles. The molecule has 1 aliphatic heterocycles. The lowest BCUT2D eigenvalue weighted by molar-refractivity contribution is 0.0456. The van der Waals surface area contributed by atoms with Crippen LogP contribution in [0.2, 0.25) is 5.02 Å². The van der Waals surface area contributed by atoms with E-state index in [2.05, 4.69) is 30.0 Å². The standard InChI is InChI=1S/C31H39ClN2O4S/c1-20(17-39-33)4-2-6-28(35)25-10-7-23(25)16-34-18-31(13-3-5-21-14-24(32)9-11-26(21)31)19-38-29-12-8-22(30(36)37)15-27(29)34/h2,6,8-9,11-12,14-15,20,23,25,28,35H,3-5,7,10,13,16-19,33H2,1H3,(H,36,37)/b6-2+. The molecule has 1 spiro atoms. The summed E-state index contributed by atoms with van der Waals surface area (Å²) in [6, 6.07) is 11.4. The largest absolute Gasteiger partial charge is 0.490 e. The minimum absolute atomic E-state index is 0.184. The highest BCUT2D eigenvalue weighted by atomic mass is 35.5. The summed E-state index contributed by atoms with van der Waals surface area (Å²) in [5.74, 6) is 1.65. The number of carboxylic acids is 1. The maximum Gasteiger partial charge on any atom is 0.335 e. The van der Waals surface area contributed by atoms with Gasteiger partial charge in [-0.1, -0.05) is 48.7 Å². The Bertz CT molecular complexity index is 1220. The molecule has 0 amide bonds. The third-order valence-corrected chi connectivity index (χ3v) is 9.90. The first kappa shape index (κ1) is 28.3. The minimum atomic E-state index is -0.946. The molecule has 2 aromatic rings. The van der Waals surface area contributed by atoms with Gasteiger partial charge in [-0.3, -0.25) is 5.14 Å². The van der Waals surface area contributed by atoms with E-state index in [1.165, 1.54) is 23.1 Å². The number of carboxylic acid groups (broad SMARTS) is 1. The highest BCUT2D eigenvalue weighted by molar-refractivity contribution is 7.97. The lowest BCUT2D eigenvalue weighted by Gasteiger charge is -2.45. The molecule has 2 aliphatic carbocycles. The van der Waals surface area contributed by atoms with Crippen LogP contribution >= 0.6 is 23.5 Å². The molecule has 5 unspecified atom stereocenters. The molecular weight excluding hydrogens is 532 g/mol. The first-order chi connectivity index (χ1) is 18.8. The molecule has 2 aromatic carbocycles. The number of aryl methyl sites for hydroxylation is 1. The number of allylic oxidation sites excluding steroid dienone is 1. The fourth-order valence-corrected chi connectivity index (χ4v) is 7.29. The van der Waals surface area contributed by atoms with Crippen molar-refractivity contribution in [3.8, 4) is 5.75 Å². The molecule has 1 saturated carbocycles. The number of ether oxygens (including phenoxy) is 1. The van der Waals surface area contributed by atoms with Gasteiger partial charge in [0.15, 0.2) is 0 Å². The van der Waals surface area contributed by atoms with Crippen LogP contribution in [0.3, 0.4) is 0 Å². The molecule has 0 bridgehead atoms. The van der Waals surface area contributed by atoms with E-state index in [1.54, 1.807) is 18.2 Å². The summed E-state index contributed by atoms with van der Waals surface area (Å²) < 4.78 is 6.46. The van der Waals surface area contributed by atoms with Gasteiger partial charge in [-0.2, -0.15) is 0 Å². The van der Waals surface area contributed by atoms with Gasteiger partial charge in [0.25, 0.3) is 0 Å².